The van der Waals surface area contributed by atoms with E-state index in [1.807, 2.05) is 30.3 Å². The molecule has 0 aliphatic carbocycles. The number of ether oxygens (including phenoxy) is 1. The van der Waals surface area contributed by atoms with Gasteiger partial charge in [0.25, 0.3) is 11.5 Å². The highest BCUT2D eigenvalue weighted by Gasteiger charge is 2.24. The molecule has 0 saturated carbocycles. The van der Waals surface area contributed by atoms with Crippen molar-refractivity contribution < 1.29 is 14.4 Å². The second kappa shape index (κ2) is 12.2. The molecule has 0 aliphatic rings. The van der Waals surface area contributed by atoms with E-state index in [0.29, 0.717) is 15.6 Å². The van der Waals surface area contributed by atoms with Crippen LogP contribution in [-0.4, -0.2) is 48.5 Å². The van der Waals surface area contributed by atoms with Crippen LogP contribution >= 0.6 is 23.2 Å². The standard InChI is InChI=1S/C23H23Cl2N5O5/c1-34-10-9-29(19(31)14-35-27-12-16-7-8-17(24)18(25)11-16)20-21(26)30(23(33)28-22(20)32)13-15-5-3-2-4-6-15/h2-8,11-12H,9-10,13-14,26H2,1H3,(H,28,32,33). The van der Waals surface area contributed by atoms with Gasteiger partial charge in [0.05, 0.1) is 29.4 Å². The molecule has 1 heterocycles. The van der Waals surface area contributed by atoms with Crippen LogP contribution in [0.4, 0.5) is 11.5 Å². The molecule has 0 saturated heterocycles. The molecule has 1 aromatic heterocycles. The first kappa shape index (κ1) is 26.0. The van der Waals surface area contributed by atoms with E-state index in [4.69, 9.17) is 38.5 Å². The first-order valence-electron chi connectivity index (χ1n) is 10.4. The maximum Gasteiger partial charge on any atom is 0.330 e. The van der Waals surface area contributed by atoms with Gasteiger partial charge in [-0.05, 0) is 23.3 Å². The molecule has 3 N–H and O–H groups in total. The fourth-order valence-corrected chi connectivity index (χ4v) is 3.47. The highest BCUT2D eigenvalue weighted by Crippen LogP contribution is 2.22. The van der Waals surface area contributed by atoms with Crippen molar-refractivity contribution in [2.75, 3.05) is 37.5 Å². The minimum Gasteiger partial charge on any atom is -0.386 e. The van der Waals surface area contributed by atoms with Gasteiger partial charge in [-0.3, -0.25) is 24.0 Å². The Morgan fingerprint density at radius 1 is 1.17 bits per heavy atom. The number of amides is 1. The van der Waals surface area contributed by atoms with Crippen LogP contribution in [0.5, 0.6) is 0 Å². The molecule has 35 heavy (non-hydrogen) atoms. The summed E-state index contributed by atoms with van der Waals surface area (Å²) in [6.45, 7) is -0.300. The van der Waals surface area contributed by atoms with Crippen LogP contribution in [0.1, 0.15) is 11.1 Å². The maximum absolute atomic E-state index is 13.0. The topological polar surface area (TPSA) is 132 Å². The number of aromatic nitrogens is 2. The predicted molar refractivity (Wildman–Crippen MR) is 136 cm³/mol. The molecule has 3 rings (SSSR count). The lowest BCUT2D eigenvalue weighted by atomic mass is 10.2. The molecule has 10 nitrogen and oxygen atoms in total. The number of nitrogens with zero attached hydrogens (tertiary/aromatic N) is 3. The second-order valence-electron chi connectivity index (χ2n) is 7.28. The molecule has 184 valence electrons. The summed E-state index contributed by atoms with van der Waals surface area (Å²) in [5.41, 5.74) is 5.93. The Morgan fingerprint density at radius 2 is 1.91 bits per heavy atom. The van der Waals surface area contributed by atoms with E-state index >= 15 is 0 Å². The Bertz CT molecular complexity index is 1320. The highest BCUT2D eigenvalue weighted by atomic mass is 35.5. The molecule has 0 radical (unpaired) electrons. The summed E-state index contributed by atoms with van der Waals surface area (Å²) in [6, 6.07) is 13.9. The quantitative estimate of drug-likeness (QED) is 0.312. The number of nitrogens with one attached hydrogen (secondary N) is 1. The lowest BCUT2D eigenvalue weighted by molar-refractivity contribution is -0.123. The molecular formula is C23H23Cl2N5O5. The fraction of sp³-hybridized carbons (Fsp3) is 0.217. The van der Waals surface area contributed by atoms with Crippen molar-refractivity contribution in [3.63, 3.8) is 0 Å². The number of nitrogen functional groups attached to an aromatic ring is 1. The van der Waals surface area contributed by atoms with E-state index in [9.17, 15) is 14.4 Å². The molecule has 0 fully saturated rings. The van der Waals surface area contributed by atoms with Crippen molar-refractivity contribution in [1.29, 1.82) is 0 Å². The third-order valence-electron chi connectivity index (χ3n) is 4.90. The molecule has 0 bridgehead atoms. The van der Waals surface area contributed by atoms with Crippen molar-refractivity contribution in [3.05, 3.63) is 90.5 Å². The van der Waals surface area contributed by atoms with Crippen LogP contribution < -0.4 is 21.9 Å². The summed E-state index contributed by atoms with van der Waals surface area (Å²) in [7, 11) is 1.45. The van der Waals surface area contributed by atoms with Gasteiger partial charge in [0.1, 0.15) is 5.82 Å². The Morgan fingerprint density at radius 3 is 2.60 bits per heavy atom. The van der Waals surface area contributed by atoms with Crippen molar-refractivity contribution in [1.82, 2.24) is 9.55 Å². The molecule has 0 unspecified atom stereocenters. The summed E-state index contributed by atoms with van der Waals surface area (Å²) in [5.74, 6) is -0.776. The number of aromatic amines is 1. The number of H-pyrrole nitrogens is 1. The van der Waals surface area contributed by atoms with E-state index in [1.165, 1.54) is 17.9 Å². The average Bonchev–Trinajstić information content (AvgIpc) is 2.84. The van der Waals surface area contributed by atoms with Crippen LogP contribution in [-0.2, 0) is 20.9 Å². The number of benzene rings is 2. The third-order valence-corrected chi connectivity index (χ3v) is 5.63. The van der Waals surface area contributed by atoms with Crippen LogP contribution in [0.15, 0.2) is 63.3 Å². The second-order valence-corrected chi connectivity index (χ2v) is 8.10. The first-order valence-corrected chi connectivity index (χ1v) is 11.1. The van der Waals surface area contributed by atoms with Gasteiger partial charge in [0, 0.05) is 13.7 Å². The number of hydrogen-bond acceptors (Lipinski definition) is 7. The Kier molecular flexibility index (Phi) is 9.07. The van der Waals surface area contributed by atoms with Gasteiger partial charge in [0.15, 0.2) is 12.3 Å². The smallest absolute Gasteiger partial charge is 0.330 e. The van der Waals surface area contributed by atoms with E-state index < -0.39 is 23.8 Å². The Hall–Kier alpha value is -3.60. The number of methoxy groups -OCH3 is 1. The van der Waals surface area contributed by atoms with Gasteiger partial charge in [-0.15, -0.1) is 0 Å². The summed E-state index contributed by atoms with van der Waals surface area (Å²) in [4.78, 5) is 46.5. The van der Waals surface area contributed by atoms with Gasteiger partial charge in [-0.2, -0.15) is 0 Å². The van der Waals surface area contributed by atoms with Gasteiger partial charge in [-0.25, -0.2) is 4.79 Å². The van der Waals surface area contributed by atoms with Gasteiger partial charge >= 0.3 is 5.69 Å². The van der Waals surface area contributed by atoms with Crippen LogP contribution in [0.2, 0.25) is 10.0 Å². The molecule has 12 heteroatoms. The van der Waals surface area contributed by atoms with Crippen LogP contribution in [0.3, 0.4) is 0 Å². The molecule has 0 spiro atoms. The van der Waals surface area contributed by atoms with Gasteiger partial charge < -0.3 is 15.3 Å². The maximum atomic E-state index is 13.0. The van der Waals surface area contributed by atoms with E-state index in [2.05, 4.69) is 10.1 Å². The normalized spacial score (nSPS) is 11.1. The van der Waals surface area contributed by atoms with Crippen molar-refractivity contribution in [2.24, 2.45) is 5.16 Å². The first-order chi connectivity index (χ1) is 16.8. The summed E-state index contributed by atoms with van der Waals surface area (Å²) < 4.78 is 6.25. The SMILES string of the molecule is COCCN(C(=O)CON=Cc1ccc(Cl)c(Cl)c1)c1c(N)n(Cc2ccccc2)c(=O)[nH]c1=O. The van der Waals surface area contributed by atoms with E-state index in [-0.39, 0.29) is 31.2 Å². The zero-order valence-corrected chi connectivity index (χ0v) is 20.3. The minimum absolute atomic E-state index is 0.00792. The number of halogens is 2. The van der Waals surface area contributed by atoms with Crippen molar-refractivity contribution >= 4 is 46.8 Å². The third kappa shape index (κ3) is 6.72. The summed E-state index contributed by atoms with van der Waals surface area (Å²) in [6.07, 6.45) is 1.36. The lowest BCUT2D eigenvalue weighted by Crippen LogP contribution is -2.43. The fourth-order valence-electron chi connectivity index (χ4n) is 3.17. The summed E-state index contributed by atoms with van der Waals surface area (Å²) in [5, 5.41) is 4.50. The number of anilines is 2. The lowest BCUT2D eigenvalue weighted by Gasteiger charge is -2.23. The van der Waals surface area contributed by atoms with E-state index in [0.717, 1.165) is 10.5 Å². The highest BCUT2D eigenvalue weighted by molar-refractivity contribution is 6.42. The molecule has 1 amide bonds. The van der Waals surface area contributed by atoms with Crippen molar-refractivity contribution in [2.45, 2.75) is 6.54 Å². The monoisotopic (exact) mass is 519 g/mol. The average molecular weight is 520 g/mol. The number of carbonyl (C=O) groups is 1. The van der Waals surface area contributed by atoms with Gasteiger partial charge in [-0.1, -0.05) is 64.8 Å². The molecule has 0 aliphatic heterocycles. The number of nitrogens with two attached hydrogens (primary N) is 1. The van der Waals surface area contributed by atoms with Gasteiger partial charge in [0.2, 0.25) is 0 Å². The molecular weight excluding hydrogens is 497 g/mol. The number of rotatable bonds is 10. The zero-order valence-electron chi connectivity index (χ0n) is 18.7. The predicted octanol–water partition coefficient (Wildman–Crippen LogP) is 2.50. The number of carbonyl (C=O) groups excluding carboxylic acids is 1. The molecule has 2 aromatic carbocycles. The molecule has 3 aromatic rings. The van der Waals surface area contributed by atoms with Crippen molar-refractivity contribution in [3.8, 4) is 0 Å². The van der Waals surface area contributed by atoms with Crippen LogP contribution in [0, 0.1) is 0 Å². The zero-order chi connectivity index (χ0) is 25.4. The van der Waals surface area contributed by atoms with E-state index in [1.54, 1.807) is 18.2 Å². The molecule has 0 atom stereocenters. The minimum atomic E-state index is -0.805. The Labute approximate surface area is 210 Å². The largest absolute Gasteiger partial charge is 0.386 e. The Balaban J connectivity index is 1.83. The number of hydrogen-bond donors (Lipinski definition) is 2. The summed E-state index contributed by atoms with van der Waals surface area (Å²) >= 11 is 11.8. The number of oxime groups is 1. The van der Waals surface area contributed by atoms with Crippen LogP contribution in [0.25, 0.3) is 0 Å².